The van der Waals surface area contributed by atoms with Gasteiger partial charge < -0.3 is 9.73 Å². The Hall–Kier alpha value is -3.06. The maximum Gasteiger partial charge on any atom is 0.416 e. The third-order valence-electron chi connectivity index (χ3n) is 5.34. The molecule has 0 spiro atoms. The van der Waals surface area contributed by atoms with Crippen LogP contribution in [0.3, 0.4) is 0 Å². The number of hydrogen-bond donors (Lipinski definition) is 2. The molecule has 0 unspecified atom stereocenters. The lowest BCUT2D eigenvalue weighted by molar-refractivity contribution is -0.137. The van der Waals surface area contributed by atoms with Crippen LogP contribution in [0.2, 0.25) is 5.02 Å². The Labute approximate surface area is 225 Å². The van der Waals surface area contributed by atoms with Crippen molar-refractivity contribution in [2.45, 2.75) is 28.5 Å². The van der Waals surface area contributed by atoms with E-state index in [2.05, 4.69) is 15.0 Å². The molecule has 38 heavy (non-hydrogen) atoms. The van der Waals surface area contributed by atoms with Gasteiger partial charge in [0.2, 0.25) is 10.0 Å². The molecule has 4 rings (SSSR count). The predicted molar refractivity (Wildman–Crippen MR) is 139 cm³/mol. The van der Waals surface area contributed by atoms with Gasteiger partial charge in [0.15, 0.2) is 5.58 Å². The number of alkyl halides is 3. The fourth-order valence-electron chi connectivity index (χ4n) is 3.39. The number of thioether (sulfide) groups is 1. The topological polar surface area (TPSA) is 101 Å². The van der Waals surface area contributed by atoms with Crippen molar-refractivity contribution in [2.75, 3.05) is 13.1 Å². The number of hydrogen-bond acceptors (Lipinski definition) is 6. The number of amides is 1. The SMILES string of the molecule is O=C(NCCCNS(=O)(=O)c1ccc(Cl)cc1)c1cccc2nc(SCc3ccc(C(F)(F)F)cc3)oc12. The fraction of sp³-hybridized carbons (Fsp3) is 0.200. The van der Waals surface area contributed by atoms with Crippen molar-refractivity contribution in [1.29, 1.82) is 0 Å². The van der Waals surface area contributed by atoms with Gasteiger partial charge in [-0.25, -0.2) is 18.1 Å². The number of halogens is 4. The maximum atomic E-state index is 12.7. The minimum Gasteiger partial charge on any atom is -0.430 e. The van der Waals surface area contributed by atoms with E-state index >= 15 is 0 Å². The summed E-state index contributed by atoms with van der Waals surface area (Å²) in [5.74, 6) is -0.0788. The van der Waals surface area contributed by atoms with Crippen molar-refractivity contribution in [2.24, 2.45) is 0 Å². The Morgan fingerprint density at radius 3 is 2.39 bits per heavy atom. The predicted octanol–water partition coefficient (Wildman–Crippen LogP) is 5.89. The van der Waals surface area contributed by atoms with Crippen molar-refractivity contribution in [3.63, 3.8) is 0 Å². The van der Waals surface area contributed by atoms with Crippen LogP contribution in [0.15, 0.2) is 81.3 Å². The second-order valence-corrected chi connectivity index (χ2v) is 11.2. The monoisotopic (exact) mass is 583 g/mol. The summed E-state index contributed by atoms with van der Waals surface area (Å²) >= 11 is 6.98. The van der Waals surface area contributed by atoms with E-state index in [4.69, 9.17) is 16.0 Å². The lowest BCUT2D eigenvalue weighted by Gasteiger charge is -2.08. The van der Waals surface area contributed by atoms with Crippen molar-refractivity contribution in [3.05, 3.63) is 88.4 Å². The molecular formula is C25H21ClF3N3O4S2. The number of fused-ring (bicyclic) bond motifs is 1. The molecule has 0 fully saturated rings. The Balaban J connectivity index is 1.30. The number of rotatable bonds is 10. The van der Waals surface area contributed by atoms with Gasteiger partial charge in [-0.05, 0) is 60.5 Å². The summed E-state index contributed by atoms with van der Waals surface area (Å²) in [6.07, 6.45) is -4.05. The van der Waals surface area contributed by atoms with Gasteiger partial charge in [0, 0.05) is 23.9 Å². The Bertz CT molecular complexity index is 1520. The summed E-state index contributed by atoms with van der Waals surface area (Å²) in [6, 6.07) is 15.5. The Morgan fingerprint density at radius 1 is 1.00 bits per heavy atom. The number of benzene rings is 3. The summed E-state index contributed by atoms with van der Waals surface area (Å²) in [5, 5.41) is 3.44. The van der Waals surface area contributed by atoms with Gasteiger partial charge in [-0.2, -0.15) is 13.2 Å². The highest BCUT2D eigenvalue weighted by atomic mass is 35.5. The third-order valence-corrected chi connectivity index (χ3v) is 7.97. The molecule has 1 amide bonds. The molecular weight excluding hydrogens is 563 g/mol. The number of nitrogens with one attached hydrogen (secondary N) is 2. The Morgan fingerprint density at radius 2 is 1.71 bits per heavy atom. The van der Waals surface area contributed by atoms with E-state index in [9.17, 15) is 26.4 Å². The lowest BCUT2D eigenvalue weighted by atomic mass is 10.1. The minimum absolute atomic E-state index is 0.0925. The summed E-state index contributed by atoms with van der Waals surface area (Å²) in [5.41, 5.74) is 0.947. The van der Waals surface area contributed by atoms with E-state index in [0.717, 1.165) is 12.1 Å². The number of aromatic nitrogens is 1. The number of carbonyl (C=O) groups is 1. The second-order valence-electron chi connectivity index (χ2n) is 8.08. The van der Waals surface area contributed by atoms with Crippen LogP contribution < -0.4 is 10.0 Å². The van der Waals surface area contributed by atoms with E-state index in [1.807, 2.05) is 0 Å². The average Bonchev–Trinajstić information content (AvgIpc) is 3.30. The molecule has 0 aliphatic rings. The highest BCUT2D eigenvalue weighted by molar-refractivity contribution is 7.98. The molecule has 200 valence electrons. The highest BCUT2D eigenvalue weighted by Crippen LogP contribution is 2.31. The van der Waals surface area contributed by atoms with E-state index in [-0.39, 0.29) is 34.4 Å². The van der Waals surface area contributed by atoms with Crippen LogP contribution in [-0.2, 0) is 22.0 Å². The molecule has 0 saturated heterocycles. The maximum absolute atomic E-state index is 12.7. The van der Waals surface area contributed by atoms with Crippen molar-refractivity contribution in [1.82, 2.24) is 15.0 Å². The summed E-state index contributed by atoms with van der Waals surface area (Å²) in [7, 11) is -3.69. The van der Waals surface area contributed by atoms with Crippen LogP contribution in [0.5, 0.6) is 0 Å². The molecule has 2 N–H and O–H groups in total. The molecule has 0 bridgehead atoms. The van der Waals surface area contributed by atoms with Crippen molar-refractivity contribution in [3.8, 4) is 0 Å². The number of para-hydroxylation sites is 1. The Kier molecular flexibility index (Phi) is 8.66. The average molecular weight is 584 g/mol. The van der Waals surface area contributed by atoms with Crippen LogP contribution >= 0.6 is 23.4 Å². The van der Waals surface area contributed by atoms with Gasteiger partial charge in [0.05, 0.1) is 16.0 Å². The van der Waals surface area contributed by atoms with Gasteiger partial charge in [-0.1, -0.05) is 41.6 Å². The first-order valence-corrected chi connectivity index (χ1v) is 14.1. The second kappa shape index (κ2) is 11.8. The largest absolute Gasteiger partial charge is 0.430 e. The molecule has 0 atom stereocenters. The molecule has 0 radical (unpaired) electrons. The van der Waals surface area contributed by atoms with Crippen LogP contribution in [0, 0.1) is 0 Å². The molecule has 0 aliphatic carbocycles. The molecule has 1 aromatic heterocycles. The lowest BCUT2D eigenvalue weighted by Crippen LogP contribution is -2.30. The zero-order valence-corrected chi connectivity index (χ0v) is 22.0. The van der Waals surface area contributed by atoms with E-state index < -0.39 is 27.7 Å². The van der Waals surface area contributed by atoms with E-state index in [1.54, 1.807) is 18.2 Å². The summed E-state index contributed by atoms with van der Waals surface area (Å²) in [6.45, 7) is 0.324. The van der Waals surface area contributed by atoms with Crippen molar-refractivity contribution < 1.29 is 30.8 Å². The number of carbonyl (C=O) groups excluding carboxylic acids is 1. The smallest absolute Gasteiger partial charge is 0.416 e. The van der Waals surface area contributed by atoms with Crippen LogP contribution in [0.25, 0.3) is 11.1 Å². The zero-order valence-electron chi connectivity index (χ0n) is 19.6. The molecule has 3 aromatic carbocycles. The first-order chi connectivity index (χ1) is 18.0. The normalized spacial score (nSPS) is 12.1. The first kappa shape index (κ1) is 28.0. The van der Waals surface area contributed by atoms with Gasteiger partial charge in [0.1, 0.15) is 5.52 Å². The van der Waals surface area contributed by atoms with E-state index in [1.165, 1.54) is 48.2 Å². The molecule has 0 aliphatic heterocycles. The third kappa shape index (κ3) is 7.07. The quantitative estimate of drug-likeness (QED) is 0.178. The standard InChI is InChI=1S/C25H21ClF3N3O4S2/c26-18-9-11-19(12-10-18)38(34,35)31-14-2-13-30-23(33)20-3-1-4-21-22(20)36-24(32-21)37-15-16-5-7-17(8-6-16)25(27,28)29/h1,3-12,31H,2,13-15H2,(H,30,33). The molecule has 13 heteroatoms. The van der Waals surface area contributed by atoms with Crippen LogP contribution in [-0.4, -0.2) is 32.4 Å². The first-order valence-electron chi connectivity index (χ1n) is 11.2. The summed E-state index contributed by atoms with van der Waals surface area (Å²) in [4.78, 5) is 17.2. The molecule has 4 aromatic rings. The van der Waals surface area contributed by atoms with Gasteiger partial charge in [-0.3, -0.25) is 4.79 Å². The number of oxazole rings is 1. The summed E-state index contributed by atoms with van der Waals surface area (Å²) < 4.78 is 71.0. The molecule has 0 saturated carbocycles. The van der Waals surface area contributed by atoms with Gasteiger partial charge in [0.25, 0.3) is 11.1 Å². The zero-order chi connectivity index (χ0) is 27.3. The van der Waals surface area contributed by atoms with Crippen LogP contribution in [0.4, 0.5) is 13.2 Å². The van der Waals surface area contributed by atoms with Crippen LogP contribution in [0.1, 0.15) is 27.9 Å². The fourth-order valence-corrected chi connectivity index (χ4v) is 5.38. The highest BCUT2D eigenvalue weighted by Gasteiger charge is 2.30. The van der Waals surface area contributed by atoms with Gasteiger partial charge in [-0.15, -0.1) is 0 Å². The van der Waals surface area contributed by atoms with Crippen molar-refractivity contribution >= 4 is 50.4 Å². The molecule has 1 heterocycles. The van der Waals surface area contributed by atoms with Gasteiger partial charge >= 0.3 is 6.18 Å². The number of sulfonamides is 1. The minimum atomic E-state index is -4.39. The molecule has 7 nitrogen and oxygen atoms in total. The van der Waals surface area contributed by atoms with E-state index in [0.29, 0.717) is 28.3 Å². The number of nitrogens with zero attached hydrogens (tertiary/aromatic N) is 1.